The third kappa shape index (κ3) is 35.1. The molecule has 0 aliphatic heterocycles. The van der Waals surface area contributed by atoms with Crippen LogP contribution in [0, 0.1) is 6.92 Å². The summed E-state index contributed by atoms with van der Waals surface area (Å²) in [4.78, 5) is 0.128. The van der Waals surface area contributed by atoms with Crippen molar-refractivity contribution in [2.45, 2.75) is 50.8 Å². The van der Waals surface area contributed by atoms with Gasteiger partial charge >= 0.3 is 0 Å². The van der Waals surface area contributed by atoms with Crippen molar-refractivity contribution >= 4 is 10.1 Å². The molecule has 0 atom stereocenters. The fourth-order valence-corrected chi connectivity index (χ4v) is 5.20. The third-order valence-electron chi connectivity index (χ3n) is 7.26. The molecule has 1 aromatic carbocycles. The van der Waals surface area contributed by atoms with Gasteiger partial charge in [-0.05, 0) is 25.5 Å². The molecule has 0 aliphatic carbocycles. The highest BCUT2D eigenvalue weighted by Gasteiger charge is 2.14. The van der Waals surface area contributed by atoms with Crippen molar-refractivity contribution in [1.82, 2.24) is 0 Å². The van der Waals surface area contributed by atoms with Crippen LogP contribution in [0.1, 0.15) is 44.6 Å². The van der Waals surface area contributed by atoms with E-state index in [-0.39, 0.29) is 18.1 Å². The molecule has 0 spiro atoms. The summed E-state index contributed by atoms with van der Waals surface area (Å²) < 4.78 is 94.9. The molecule has 318 valence electrons. The van der Waals surface area contributed by atoms with E-state index in [9.17, 15) is 8.42 Å². The van der Waals surface area contributed by atoms with E-state index in [0.29, 0.717) is 145 Å². The van der Waals surface area contributed by atoms with E-state index in [1.54, 1.807) is 12.1 Å². The fourth-order valence-electron chi connectivity index (χ4n) is 4.30. The first-order chi connectivity index (χ1) is 26.6. The molecule has 0 bridgehead atoms. The summed E-state index contributed by atoms with van der Waals surface area (Å²) in [5.41, 5.74) is 0.975. The summed E-state index contributed by atoms with van der Waals surface area (Å²) in [5.74, 6) is 0. The van der Waals surface area contributed by atoms with Crippen LogP contribution in [0.15, 0.2) is 29.2 Å². The van der Waals surface area contributed by atoms with Crippen molar-refractivity contribution in [2.24, 2.45) is 0 Å². The minimum absolute atomic E-state index is 0.0601. The van der Waals surface area contributed by atoms with Crippen LogP contribution in [0.3, 0.4) is 0 Å². The zero-order valence-corrected chi connectivity index (χ0v) is 33.9. The maximum absolute atomic E-state index is 12.1. The van der Waals surface area contributed by atoms with Crippen LogP contribution in [0.5, 0.6) is 0 Å². The molecule has 1 aromatic rings. The van der Waals surface area contributed by atoms with E-state index in [1.807, 2.05) is 6.92 Å². The van der Waals surface area contributed by atoms with Gasteiger partial charge in [0.2, 0.25) is 0 Å². The van der Waals surface area contributed by atoms with Crippen LogP contribution in [-0.2, 0) is 71.1 Å². The second-order valence-electron chi connectivity index (χ2n) is 11.9. The molecule has 16 heteroatoms. The summed E-state index contributed by atoms with van der Waals surface area (Å²) in [7, 11) is -3.78. The van der Waals surface area contributed by atoms with E-state index >= 15 is 0 Å². The van der Waals surface area contributed by atoms with Gasteiger partial charge in [0, 0.05) is 6.61 Å². The smallest absolute Gasteiger partial charge is 0.297 e. The lowest BCUT2D eigenvalue weighted by molar-refractivity contribution is -0.0285. The number of ether oxygens (including phenoxy) is 12. The summed E-state index contributed by atoms with van der Waals surface area (Å²) in [6, 6.07) is 6.49. The van der Waals surface area contributed by atoms with Gasteiger partial charge in [-0.2, -0.15) is 8.42 Å². The molecule has 0 aliphatic rings. The molecule has 0 unspecified atom stereocenters. The average Bonchev–Trinajstić information content (AvgIpc) is 3.17. The Morgan fingerprint density at radius 3 is 0.907 bits per heavy atom. The van der Waals surface area contributed by atoms with Crippen LogP contribution >= 0.6 is 0 Å². The number of benzene rings is 1. The maximum atomic E-state index is 12.1. The SMILES string of the molecule is CCCCCCCOCCOCCOCCOCCOCCOCCOCCOCCOCCOCCOCCOCCOS(=O)(=O)c1ccc(C)cc1. The van der Waals surface area contributed by atoms with Gasteiger partial charge in [0.1, 0.15) is 0 Å². The molecule has 0 aromatic heterocycles. The van der Waals surface area contributed by atoms with E-state index < -0.39 is 10.1 Å². The van der Waals surface area contributed by atoms with Crippen molar-refractivity contribution in [3.05, 3.63) is 29.8 Å². The standard InChI is InChI=1S/C38H70O15S/c1-3-4-5-6-7-12-41-13-14-42-15-16-43-17-18-44-19-20-45-21-22-46-23-24-47-25-26-48-27-28-49-29-30-50-31-32-51-33-34-52-35-36-53-54(39,40)38-10-8-37(2)9-11-38/h8-11H,3-7,12-36H2,1-2H3. The van der Waals surface area contributed by atoms with Crippen LogP contribution in [0.2, 0.25) is 0 Å². The first kappa shape index (κ1) is 50.7. The molecule has 0 saturated carbocycles. The highest BCUT2D eigenvalue weighted by molar-refractivity contribution is 7.86. The largest absolute Gasteiger partial charge is 0.379 e. The lowest BCUT2D eigenvalue weighted by Crippen LogP contribution is -2.16. The van der Waals surface area contributed by atoms with Crippen molar-refractivity contribution < 1.29 is 69.4 Å². The van der Waals surface area contributed by atoms with E-state index in [1.165, 1.54) is 37.8 Å². The number of aryl methyl sites for hydroxylation is 1. The predicted molar refractivity (Wildman–Crippen MR) is 203 cm³/mol. The van der Waals surface area contributed by atoms with Crippen molar-refractivity contribution in [1.29, 1.82) is 0 Å². The lowest BCUT2D eigenvalue weighted by Gasteiger charge is -2.09. The zero-order valence-electron chi connectivity index (χ0n) is 33.1. The Morgan fingerprint density at radius 2 is 0.611 bits per heavy atom. The highest BCUT2D eigenvalue weighted by atomic mass is 32.2. The summed E-state index contributed by atoms with van der Waals surface area (Å²) in [6.45, 7) is 15.8. The molecular weight excluding hydrogens is 728 g/mol. The fraction of sp³-hybridized carbons (Fsp3) is 0.842. The maximum Gasteiger partial charge on any atom is 0.297 e. The summed E-state index contributed by atoms with van der Waals surface area (Å²) in [6.07, 6.45) is 6.25. The van der Waals surface area contributed by atoms with E-state index in [2.05, 4.69) is 6.92 Å². The molecular formula is C38H70O15S. The Kier molecular flexibility index (Phi) is 37.4. The molecule has 0 heterocycles. The van der Waals surface area contributed by atoms with Crippen LogP contribution < -0.4 is 0 Å². The Morgan fingerprint density at radius 1 is 0.352 bits per heavy atom. The van der Waals surface area contributed by atoms with Gasteiger partial charge < -0.3 is 56.8 Å². The van der Waals surface area contributed by atoms with Gasteiger partial charge in [-0.25, -0.2) is 0 Å². The van der Waals surface area contributed by atoms with Crippen molar-refractivity contribution in [2.75, 3.05) is 165 Å². The van der Waals surface area contributed by atoms with Gasteiger partial charge in [0.05, 0.1) is 163 Å². The first-order valence-electron chi connectivity index (χ1n) is 19.4. The van der Waals surface area contributed by atoms with Gasteiger partial charge in [0.25, 0.3) is 10.1 Å². The Balaban J connectivity index is 1.65. The van der Waals surface area contributed by atoms with E-state index in [0.717, 1.165) is 18.6 Å². The Hall–Kier alpha value is -1.35. The molecule has 0 saturated heterocycles. The van der Waals surface area contributed by atoms with Gasteiger partial charge in [-0.15, -0.1) is 0 Å². The normalized spacial score (nSPS) is 11.9. The summed E-state index contributed by atoms with van der Waals surface area (Å²) in [5, 5.41) is 0. The zero-order chi connectivity index (χ0) is 38.9. The minimum atomic E-state index is -3.78. The number of unbranched alkanes of at least 4 members (excludes halogenated alkanes) is 4. The molecule has 15 nitrogen and oxygen atoms in total. The van der Waals surface area contributed by atoms with Crippen LogP contribution in [0.4, 0.5) is 0 Å². The van der Waals surface area contributed by atoms with Crippen LogP contribution in [0.25, 0.3) is 0 Å². The quantitative estimate of drug-likeness (QED) is 0.0693. The number of hydrogen-bond donors (Lipinski definition) is 0. The van der Waals surface area contributed by atoms with Gasteiger partial charge in [-0.3, -0.25) is 4.18 Å². The van der Waals surface area contributed by atoms with Gasteiger partial charge in [0.15, 0.2) is 0 Å². The topological polar surface area (TPSA) is 154 Å². The van der Waals surface area contributed by atoms with Gasteiger partial charge in [-0.1, -0.05) is 50.3 Å². The summed E-state index contributed by atoms with van der Waals surface area (Å²) >= 11 is 0. The average molecular weight is 799 g/mol. The molecule has 0 amide bonds. The number of hydrogen-bond acceptors (Lipinski definition) is 15. The molecule has 0 fully saturated rings. The molecule has 1 rings (SSSR count). The Bertz CT molecular complexity index is 1000. The number of rotatable bonds is 44. The van der Waals surface area contributed by atoms with Crippen LogP contribution in [-0.4, -0.2) is 174 Å². The monoisotopic (exact) mass is 798 g/mol. The van der Waals surface area contributed by atoms with Crippen molar-refractivity contribution in [3.8, 4) is 0 Å². The molecule has 0 radical (unpaired) electrons. The second kappa shape index (κ2) is 39.9. The predicted octanol–water partition coefficient (Wildman–Crippen LogP) is 3.87. The molecule has 54 heavy (non-hydrogen) atoms. The molecule has 0 N–H and O–H groups in total. The minimum Gasteiger partial charge on any atom is -0.379 e. The highest BCUT2D eigenvalue weighted by Crippen LogP contribution is 2.13. The van der Waals surface area contributed by atoms with E-state index in [4.69, 9.17) is 61.0 Å². The first-order valence-corrected chi connectivity index (χ1v) is 20.9. The lowest BCUT2D eigenvalue weighted by atomic mass is 10.2. The van der Waals surface area contributed by atoms with Crippen molar-refractivity contribution in [3.63, 3.8) is 0 Å². The third-order valence-corrected chi connectivity index (χ3v) is 8.59. The Labute approximate surface area is 324 Å². The second-order valence-corrected chi connectivity index (χ2v) is 13.5.